The van der Waals surface area contributed by atoms with Crippen molar-refractivity contribution in [3.05, 3.63) is 0 Å². The lowest BCUT2D eigenvalue weighted by Crippen LogP contribution is -1.70. The lowest BCUT2D eigenvalue weighted by atomic mass is 11.0. The van der Waals surface area contributed by atoms with Gasteiger partial charge >= 0.3 is 0 Å². The number of halogens is 1. The number of hydrogen-bond acceptors (Lipinski definition) is 1. The van der Waals surface area contributed by atoms with Crippen LogP contribution in [-0.4, -0.2) is 17.3 Å². The molecule has 0 fully saturated rings. The van der Waals surface area contributed by atoms with E-state index in [4.69, 9.17) is 0 Å². The number of thioether (sulfide) groups is 1. The second kappa shape index (κ2) is 4.83. The molecule has 0 bridgehead atoms. The summed E-state index contributed by atoms with van der Waals surface area (Å²) in [5.41, 5.74) is 0. The van der Waals surface area contributed by atoms with E-state index in [0.29, 0.717) is 0 Å². The van der Waals surface area contributed by atoms with E-state index in [1.165, 1.54) is 5.75 Å². The molecule has 0 saturated heterocycles. The van der Waals surface area contributed by atoms with Gasteiger partial charge in [0.15, 0.2) is 0 Å². The maximum Gasteiger partial charge on any atom is 0.0122 e. The molecule has 0 aliphatic carbocycles. The van der Waals surface area contributed by atoms with E-state index in [9.17, 15) is 0 Å². The third kappa shape index (κ3) is 4.83. The van der Waals surface area contributed by atoms with Gasteiger partial charge in [-0.1, -0.05) is 15.9 Å². The zero-order valence-corrected chi connectivity index (χ0v) is 5.60. The van der Waals surface area contributed by atoms with Crippen molar-refractivity contribution in [2.45, 2.75) is 0 Å². The second-order valence-electron chi connectivity index (χ2n) is 0.682. The van der Waals surface area contributed by atoms with Gasteiger partial charge in [-0.3, -0.25) is 0 Å². The Morgan fingerprint density at radius 3 is 2.40 bits per heavy atom. The summed E-state index contributed by atoms with van der Waals surface area (Å²) >= 11 is 5.14. The highest BCUT2D eigenvalue weighted by Crippen LogP contribution is 1.91. The molecule has 0 aromatic carbocycles. The van der Waals surface area contributed by atoms with Crippen LogP contribution in [0.1, 0.15) is 0 Å². The standard InChI is InChI=1S/C3H7BrS/c1-5-3-2-4/h2-3H2,1H3. The van der Waals surface area contributed by atoms with E-state index in [-0.39, 0.29) is 0 Å². The molecule has 0 spiro atoms. The Morgan fingerprint density at radius 2 is 2.40 bits per heavy atom. The maximum atomic E-state index is 3.29. The molecule has 0 radical (unpaired) electrons. The Balaban J connectivity index is 2.19. The van der Waals surface area contributed by atoms with Crippen molar-refractivity contribution in [1.29, 1.82) is 0 Å². The van der Waals surface area contributed by atoms with Crippen LogP contribution in [0.3, 0.4) is 0 Å². The van der Waals surface area contributed by atoms with Gasteiger partial charge in [-0.05, 0) is 6.26 Å². The van der Waals surface area contributed by atoms with Crippen LogP contribution in [-0.2, 0) is 0 Å². The molecule has 0 rings (SSSR count). The summed E-state index contributed by atoms with van der Waals surface area (Å²) in [5, 5.41) is 1.12. The van der Waals surface area contributed by atoms with Crippen LogP contribution in [0.2, 0.25) is 0 Å². The third-order valence-electron chi connectivity index (χ3n) is 0.281. The van der Waals surface area contributed by atoms with Crippen molar-refractivity contribution in [2.24, 2.45) is 0 Å². The molecule has 0 nitrogen and oxygen atoms in total. The first-order valence-electron chi connectivity index (χ1n) is 1.46. The molecule has 5 heavy (non-hydrogen) atoms. The molecule has 0 unspecified atom stereocenters. The van der Waals surface area contributed by atoms with Crippen molar-refractivity contribution in [3.63, 3.8) is 0 Å². The monoisotopic (exact) mass is 154 g/mol. The average Bonchev–Trinajstić information content (AvgIpc) is 1.41. The Labute approximate surface area is 45.5 Å². The van der Waals surface area contributed by atoms with Crippen LogP contribution >= 0.6 is 27.7 Å². The molecular weight excluding hydrogens is 148 g/mol. The van der Waals surface area contributed by atoms with E-state index < -0.39 is 0 Å². The topological polar surface area (TPSA) is 0 Å². The van der Waals surface area contributed by atoms with E-state index >= 15 is 0 Å². The molecule has 0 atom stereocenters. The smallest absolute Gasteiger partial charge is 0.0122 e. The lowest BCUT2D eigenvalue weighted by Gasteiger charge is -1.78. The molecule has 0 aliphatic rings. The number of rotatable bonds is 2. The van der Waals surface area contributed by atoms with E-state index in [2.05, 4.69) is 22.2 Å². The Bertz CT molecular complexity index is 14.4. The van der Waals surface area contributed by atoms with Crippen LogP contribution < -0.4 is 0 Å². The summed E-state index contributed by atoms with van der Waals surface area (Å²) < 4.78 is 0. The van der Waals surface area contributed by atoms with E-state index in [1.807, 2.05) is 11.8 Å². The quantitative estimate of drug-likeness (QED) is 0.547. The molecule has 0 aromatic rings. The number of hydrogen-bond donors (Lipinski definition) is 0. The van der Waals surface area contributed by atoms with E-state index in [1.54, 1.807) is 0 Å². The Morgan fingerprint density at radius 1 is 1.80 bits per heavy atom. The van der Waals surface area contributed by atoms with Crippen molar-refractivity contribution in [1.82, 2.24) is 0 Å². The first-order chi connectivity index (χ1) is 2.41. The first-order valence-corrected chi connectivity index (χ1v) is 3.98. The van der Waals surface area contributed by atoms with Crippen LogP contribution in [0.4, 0.5) is 0 Å². The molecule has 0 heterocycles. The summed E-state index contributed by atoms with van der Waals surface area (Å²) in [5.74, 6) is 1.22. The lowest BCUT2D eigenvalue weighted by molar-refractivity contribution is 1.59. The van der Waals surface area contributed by atoms with Gasteiger partial charge in [-0.25, -0.2) is 0 Å². The molecule has 0 aliphatic heterocycles. The fraction of sp³-hybridized carbons (Fsp3) is 1.00. The highest BCUT2D eigenvalue weighted by Gasteiger charge is 1.69. The fourth-order valence-electron chi connectivity index (χ4n) is 0.0772. The molecule has 32 valence electrons. The van der Waals surface area contributed by atoms with Gasteiger partial charge < -0.3 is 0 Å². The van der Waals surface area contributed by atoms with Crippen molar-refractivity contribution >= 4 is 27.7 Å². The summed E-state index contributed by atoms with van der Waals surface area (Å²) in [4.78, 5) is 0. The molecule has 0 saturated carbocycles. The highest BCUT2D eigenvalue weighted by atomic mass is 79.9. The van der Waals surface area contributed by atoms with Gasteiger partial charge in [0.2, 0.25) is 0 Å². The van der Waals surface area contributed by atoms with Crippen LogP contribution in [0.25, 0.3) is 0 Å². The average molecular weight is 155 g/mol. The van der Waals surface area contributed by atoms with E-state index in [0.717, 1.165) is 5.33 Å². The highest BCUT2D eigenvalue weighted by molar-refractivity contribution is 9.09. The summed E-state index contributed by atoms with van der Waals surface area (Å²) in [6, 6.07) is 0. The van der Waals surface area contributed by atoms with Gasteiger partial charge in [-0.2, -0.15) is 11.8 Å². The predicted octanol–water partition coefficient (Wildman–Crippen LogP) is 1.74. The normalized spacial score (nSPS) is 8.40. The first kappa shape index (κ1) is 5.83. The van der Waals surface area contributed by atoms with Crippen LogP contribution in [0.5, 0.6) is 0 Å². The van der Waals surface area contributed by atoms with Gasteiger partial charge in [-0.15, -0.1) is 0 Å². The van der Waals surface area contributed by atoms with Crippen molar-refractivity contribution in [3.8, 4) is 0 Å². The molecular formula is C3H7BrS. The van der Waals surface area contributed by atoms with Crippen molar-refractivity contribution < 1.29 is 0 Å². The molecule has 0 amide bonds. The summed E-state index contributed by atoms with van der Waals surface area (Å²) in [7, 11) is 0. The third-order valence-corrected chi connectivity index (χ3v) is 1.82. The zero-order chi connectivity index (χ0) is 4.12. The maximum absolute atomic E-state index is 3.29. The zero-order valence-electron chi connectivity index (χ0n) is 3.20. The summed E-state index contributed by atoms with van der Waals surface area (Å²) in [6.45, 7) is 0. The van der Waals surface area contributed by atoms with Crippen LogP contribution in [0.15, 0.2) is 0 Å². The fourth-order valence-corrected chi connectivity index (χ4v) is 1.20. The Hall–Kier alpha value is 0.830. The van der Waals surface area contributed by atoms with Gasteiger partial charge in [0, 0.05) is 11.1 Å². The Kier molecular flexibility index (Phi) is 5.63. The molecule has 0 N–H and O–H groups in total. The van der Waals surface area contributed by atoms with Gasteiger partial charge in [0.25, 0.3) is 0 Å². The largest absolute Gasteiger partial charge is 0.165 e. The number of alkyl halides is 1. The minimum absolute atomic E-state index is 1.12. The van der Waals surface area contributed by atoms with Gasteiger partial charge in [0.1, 0.15) is 0 Å². The predicted molar refractivity (Wildman–Crippen MR) is 32.2 cm³/mol. The summed E-state index contributed by atoms with van der Waals surface area (Å²) in [6.07, 6.45) is 2.10. The minimum atomic E-state index is 1.12. The molecule has 2 heteroatoms. The van der Waals surface area contributed by atoms with Crippen molar-refractivity contribution in [2.75, 3.05) is 17.3 Å². The SMILES string of the molecule is CSCCBr. The minimum Gasteiger partial charge on any atom is -0.165 e. The van der Waals surface area contributed by atoms with Gasteiger partial charge in [0.05, 0.1) is 0 Å². The van der Waals surface area contributed by atoms with Crippen LogP contribution in [0, 0.1) is 0 Å². The molecule has 0 aromatic heterocycles. The second-order valence-corrected chi connectivity index (χ2v) is 2.46.